The number of aromatic nitrogens is 1. The third-order valence-corrected chi connectivity index (χ3v) is 5.49. The van der Waals surface area contributed by atoms with E-state index in [9.17, 15) is 4.79 Å². The van der Waals surface area contributed by atoms with Crippen LogP contribution in [0.4, 0.5) is 0 Å². The maximum atomic E-state index is 13.3. The molecule has 1 fully saturated rings. The molecule has 0 aliphatic carbocycles. The van der Waals surface area contributed by atoms with Crippen molar-refractivity contribution in [3.63, 3.8) is 0 Å². The van der Waals surface area contributed by atoms with Gasteiger partial charge < -0.3 is 10.2 Å². The van der Waals surface area contributed by atoms with Gasteiger partial charge in [-0.3, -0.25) is 4.79 Å². The van der Waals surface area contributed by atoms with Crippen LogP contribution < -0.4 is 5.32 Å². The fourth-order valence-electron chi connectivity index (χ4n) is 3.80. The molecule has 0 spiro atoms. The fourth-order valence-corrected chi connectivity index (χ4v) is 4.03. The Morgan fingerprint density at radius 3 is 2.66 bits per heavy atom. The molecule has 1 aliphatic heterocycles. The Labute approximate surface area is 188 Å². The molecule has 29 heavy (non-hydrogen) atoms. The van der Waals surface area contributed by atoms with Gasteiger partial charge in [-0.05, 0) is 44.1 Å². The third-order valence-electron chi connectivity index (χ3n) is 5.16. The summed E-state index contributed by atoms with van der Waals surface area (Å²) >= 11 is 6.38. The minimum atomic E-state index is 0. The molecule has 2 heterocycles. The highest BCUT2D eigenvalue weighted by atomic mass is 35.5. The molecule has 1 N–H and O–H groups in total. The largest absolute Gasteiger partial charge is 0.338 e. The van der Waals surface area contributed by atoms with Crippen molar-refractivity contribution in [2.45, 2.75) is 6.42 Å². The molecule has 1 unspecified atom stereocenters. The fraction of sp³-hybridized carbons (Fsp3) is 0.273. The number of halogens is 3. The lowest BCUT2D eigenvalue weighted by Crippen LogP contribution is -2.30. The molecule has 1 aliphatic rings. The zero-order valence-electron chi connectivity index (χ0n) is 16.1. The van der Waals surface area contributed by atoms with E-state index in [1.54, 1.807) is 0 Å². The van der Waals surface area contributed by atoms with Crippen molar-refractivity contribution in [3.05, 3.63) is 65.2 Å². The predicted molar refractivity (Wildman–Crippen MR) is 125 cm³/mol. The molecule has 4 nitrogen and oxygen atoms in total. The molecular formula is C22H24Cl3N3O. The zero-order chi connectivity index (χ0) is 18.8. The van der Waals surface area contributed by atoms with Gasteiger partial charge in [0.05, 0.1) is 16.8 Å². The van der Waals surface area contributed by atoms with Crippen LogP contribution in [0.15, 0.2) is 54.6 Å². The average Bonchev–Trinajstić information content (AvgIpc) is 3.16. The first-order chi connectivity index (χ1) is 13.2. The van der Waals surface area contributed by atoms with Gasteiger partial charge in [0, 0.05) is 29.1 Å². The molecule has 4 rings (SSSR count). The number of para-hydroxylation sites is 1. The lowest BCUT2D eigenvalue weighted by molar-refractivity contribution is 0.0789. The molecule has 1 amide bonds. The van der Waals surface area contributed by atoms with Gasteiger partial charge in [0.2, 0.25) is 0 Å². The smallest absolute Gasteiger partial charge is 0.254 e. The summed E-state index contributed by atoms with van der Waals surface area (Å²) < 4.78 is 0. The summed E-state index contributed by atoms with van der Waals surface area (Å²) in [6.07, 6.45) is 1.03. The third kappa shape index (κ3) is 4.84. The van der Waals surface area contributed by atoms with Gasteiger partial charge in [-0.15, -0.1) is 24.8 Å². The van der Waals surface area contributed by atoms with E-state index in [0.29, 0.717) is 16.5 Å². The second-order valence-electron chi connectivity index (χ2n) is 7.02. The molecular weight excluding hydrogens is 429 g/mol. The normalized spacial score (nSPS) is 15.7. The van der Waals surface area contributed by atoms with Crippen molar-refractivity contribution in [3.8, 4) is 11.3 Å². The van der Waals surface area contributed by atoms with E-state index in [1.807, 2.05) is 66.5 Å². The van der Waals surface area contributed by atoms with E-state index < -0.39 is 0 Å². The van der Waals surface area contributed by atoms with Crippen LogP contribution in [0.25, 0.3) is 22.2 Å². The van der Waals surface area contributed by atoms with Crippen molar-refractivity contribution < 1.29 is 4.79 Å². The van der Waals surface area contributed by atoms with E-state index >= 15 is 0 Å². The maximum absolute atomic E-state index is 13.3. The number of carbonyl (C=O) groups excluding carboxylic acids is 1. The zero-order valence-corrected chi connectivity index (χ0v) is 18.5. The Balaban J connectivity index is 0.00000150. The van der Waals surface area contributed by atoms with Crippen LogP contribution in [0.1, 0.15) is 16.8 Å². The second kappa shape index (κ2) is 10.3. The quantitative estimate of drug-likeness (QED) is 0.600. The molecule has 3 aromatic rings. The summed E-state index contributed by atoms with van der Waals surface area (Å²) in [5.41, 5.74) is 3.08. The summed E-state index contributed by atoms with van der Waals surface area (Å²) in [6.45, 7) is 2.52. The SMILES string of the molecule is CNCC1CCN(C(=O)c2cc(-c3ccccc3Cl)nc3ccccc23)C1.Cl.Cl. The van der Waals surface area contributed by atoms with Gasteiger partial charge >= 0.3 is 0 Å². The van der Waals surface area contributed by atoms with E-state index in [4.69, 9.17) is 16.6 Å². The van der Waals surface area contributed by atoms with E-state index in [-0.39, 0.29) is 30.7 Å². The van der Waals surface area contributed by atoms with Gasteiger partial charge in [0.25, 0.3) is 5.91 Å². The van der Waals surface area contributed by atoms with Crippen molar-refractivity contribution in [1.29, 1.82) is 0 Å². The number of pyridine rings is 1. The first-order valence-electron chi connectivity index (χ1n) is 9.26. The minimum Gasteiger partial charge on any atom is -0.338 e. The number of amides is 1. The van der Waals surface area contributed by atoms with Crippen LogP contribution in [0.5, 0.6) is 0 Å². The molecule has 0 radical (unpaired) electrons. The Morgan fingerprint density at radius 2 is 1.90 bits per heavy atom. The number of fused-ring (bicyclic) bond motifs is 1. The number of carbonyl (C=O) groups is 1. The molecule has 1 atom stereocenters. The average molecular weight is 453 g/mol. The number of rotatable bonds is 4. The topological polar surface area (TPSA) is 45.2 Å². The minimum absolute atomic E-state index is 0. The lowest BCUT2D eigenvalue weighted by atomic mass is 10.0. The van der Waals surface area contributed by atoms with Crippen LogP contribution in [-0.2, 0) is 0 Å². The summed E-state index contributed by atoms with van der Waals surface area (Å²) in [4.78, 5) is 20.0. The van der Waals surface area contributed by atoms with Crippen molar-refractivity contribution in [2.75, 3.05) is 26.7 Å². The summed E-state index contributed by atoms with van der Waals surface area (Å²) in [7, 11) is 1.96. The second-order valence-corrected chi connectivity index (χ2v) is 7.42. The number of nitrogens with zero attached hydrogens (tertiary/aromatic N) is 2. The molecule has 0 bridgehead atoms. The summed E-state index contributed by atoms with van der Waals surface area (Å²) in [6, 6.07) is 17.3. The predicted octanol–water partition coefficient (Wildman–Crippen LogP) is 5.08. The molecule has 1 aromatic heterocycles. The van der Waals surface area contributed by atoms with Gasteiger partial charge in [-0.2, -0.15) is 0 Å². The van der Waals surface area contributed by atoms with Crippen LogP contribution >= 0.6 is 36.4 Å². The van der Waals surface area contributed by atoms with Crippen molar-refractivity contribution >= 4 is 53.2 Å². The van der Waals surface area contributed by atoms with Gasteiger partial charge in [-0.1, -0.05) is 48.0 Å². The van der Waals surface area contributed by atoms with Gasteiger partial charge in [0.15, 0.2) is 0 Å². The highest BCUT2D eigenvalue weighted by Crippen LogP contribution is 2.31. The van der Waals surface area contributed by atoms with Crippen molar-refractivity contribution in [2.24, 2.45) is 5.92 Å². The van der Waals surface area contributed by atoms with Crippen LogP contribution in [0.3, 0.4) is 0 Å². The summed E-state index contributed by atoms with van der Waals surface area (Å²) in [5.74, 6) is 0.579. The molecule has 154 valence electrons. The van der Waals surface area contributed by atoms with Crippen LogP contribution in [-0.4, -0.2) is 42.5 Å². The van der Waals surface area contributed by atoms with Crippen LogP contribution in [0.2, 0.25) is 5.02 Å². The van der Waals surface area contributed by atoms with Gasteiger partial charge in [-0.25, -0.2) is 4.98 Å². The van der Waals surface area contributed by atoms with Gasteiger partial charge in [0.1, 0.15) is 0 Å². The molecule has 7 heteroatoms. The first-order valence-corrected chi connectivity index (χ1v) is 9.63. The Kier molecular flexibility index (Phi) is 8.29. The Morgan fingerprint density at radius 1 is 1.17 bits per heavy atom. The first kappa shape index (κ1) is 23.4. The molecule has 0 saturated carbocycles. The monoisotopic (exact) mass is 451 g/mol. The van der Waals surface area contributed by atoms with Crippen molar-refractivity contribution in [1.82, 2.24) is 15.2 Å². The number of nitrogens with one attached hydrogen (secondary N) is 1. The number of likely N-dealkylation sites (tertiary alicyclic amines) is 1. The Hall–Kier alpha value is -1.85. The number of benzene rings is 2. The number of hydrogen-bond donors (Lipinski definition) is 1. The highest BCUT2D eigenvalue weighted by Gasteiger charge is 2.28. The standard InChI is InChI=1S/C22H22ClN3O.2ClH/c1-24-13-15-10-11-26(14-15)22(27)18-12-21(17-7-2-4-8-19(17)23)25-20-9-5-3-6-16(18)20;;/h2-9,12,15,24H,10-11,13-14H2,1H3;2*1H. The summed E-state index contributed by atoms with van der Waals surface area (Å²) in [5, 5.41) is 4.73. The molecule has 2 aromatic carbocycles. The molecule has 1 saturated heterocycles. The van der Waals surface area contributed by atoms with Crippen LogP contribution in [0, 0.1) is 5.92 Å². The maximum Gasteiger partial charge on any atom is 0.254 e. The number of hydrogen-bond acceptors (Lipinski definition) is 3. The lowest BCUT2D eigenvalue weighted by Gasteiger charge is -2.18. The Bertz CT molecular complexity index is 996. The van der Waals surface area contributed by atoms with E-state index in [1.165, 1.54) is 0 Å². The van der Waals surface area contributed by atoms with E-state index in [0.717, 1.165) is 48.2 Å². The highest BCUT2D eigenvalue weighted by molar-refractivity contribution is 6.33. The van der Waals surface area contributed by atoms with E-state index in [2.05, 4.69) is 5.32 Å².